The van der Waals surface area contributed by atoms with Crippen molar-refractivity contribution in [3.63, 3.8) is 0 Å². The maximum Gasteiger partial charge on any atom is 0.255 e. The topological polar surface area (TPSA) is 41.1 Å². The lowest BCUT2D eigenvalue weighted by molar-refractivity contribution is 0.102. The van der Waals surface area contributed by atoms with Gasteiger partial charge in [-0.1, -0.05) is 11.6 Å². The van der Waals surface area contributed by atoms with E-state index in [2.05, 4.69) is 10.6 Å². The van der Waals surface area contributed by atoms with Crippen molar-refractivity contribution in [1.82, 2.24) is 0 Å². The highest BCUT2D eigenvalue weighted by Gasteiger charge is 2.13. The molecule has 2 aromatic rings. The number of hydrogen-bond donors (Lipinski definition) is 2. The van der Waals surface area contributed by atoms with Crippen LogP contribution < -0.4 is 10.6 Å². The number of rotatable bonds is 2. The number of nitrogens with one attached hydrogen (secondary N) is 2. The molecule has 0 bridgehead atoms. The van der Waals surface area contributed by atoms with Crippen LogP contribution in [0.15, 0.2) is 36.4 Å². The average molecular weight is 305 g/mol. The van der Waals surface area contributed by atoms with E-state index in [1.54, 1.807) is 6.07 Å². The Hall–Kier alpha value is -2.07. The molecule has 0 radical (unpaired) electrons. The second kappa shape index (κ2) is 5.74. The maximum atomic E-state index is 13.3. The molecule has 1 aliphatic rings. The molecule has 1 heterocycles. The molecule has 0 unspecified atom stereocenters. The molecule has 0 saturated carbocycles. The third kappa shape index (κ3) is 3.16. The smallest absolute Gasteiger partial charge is 0.255 e. The Morgan fingerprint density at radius 2 is 2.10 bits per heavy atom. The summed E-state index contributed by atoms with van der Waals surface area (Å²) in [5, 5.41) is 6.21. The zero-order chi connectivity index (χ0) is 14.8. The van der Waals surface area contributed by atoms with Crippen molar-refractivity contribution in [1.29, 1.82) is 0 Å². The van der Waals surface area contributed by atoms with Gasteiger partial charge in [0, 0.05) is 28.5 Å². The van der Waals surface area contributed by atoms with Crippen LogP contribution >= 0.6 is 11.6 Å². The van der Waals surface area contributed by atoms with Gasteiger partial charge in [0.1, 0.15) is 5.82 Å². The van der Waals surface area contributed by atoms with E-state index in [0.29, 0.717) is 11.3 Å². The van der Waals surface area contributed by atoms with Gasteiger partial charge in [0.2, 0.25) is 0 Å². The van der Waals surface area contributed by atoms with E-state index in [0.717, 1.165) is 30.6 Å². The lowest BCUT2D eigenvalue weighted by atomic mass is 10.0. The van der Waals surface area contributed by atoms with Crippen molar-refractivity contribution in [2.75, 3.05) is 17.2 Å². The van der Waals surface area contributed by atoms with Gasteiger partial charge in [0.15, 0.2) is 0 Å². The molecule has 0 aliphatic carbocycles. The Bertz CT molecular complexity index is 682. The number of fused-ring (bicyclic) bond motifs is 1. The molecule has 2 aromatic carbocycles. The standard InChI is InChI=1S/C16H14ClFN2O/c17-12-7-13(18)9-14(8-12)20-16(21)11-3-4-15-10(6-11)2-1-5-19-15/h3-4,6-9,19H,1-2,5H2,(H,20,21). The van der Waals surface area contributed by atoms with E-state index < -0.39 is 5.82 Å². The Morgan fingerprint density at radius 1 is 1.24 bits per heavy atom. The number of carbonyl (C=O) groups excluding carboxylic acids is 1. The number of aryl methyl sites for hydroxylation is 1. The summed E-state index contributed by atoms with van der Waals surface area (Å²) in [6.45, 7) is 0.959. The van der Waals surface area contributed by atoms with E-state index in [-0.39, 0.29) is 10.9 Å². The van der Waals surface area contributed by atoms with Gasteiger partial charge < -0.3 is 10.6 Å². The number of anilines is 2. The number of amides is 1. The minimum Gasteiger partial charge on any atom is -0.385 e. The summed E-state index contributed by atoms with van der Waals surface area (Å²) in [4.78, 5) is 12.2. The van der Waals surface area contributed by atoms with Crippen LogP contribution in [-0.2, 0) is 6.42 Å². The molecule has 21 heavy (non-hydrogen) atoms. The number of hydrogen-bond acceptors (Lipinski definition) is 2. The second-order valence-corrected chi connectivity index (χ2v) is 5.45. The summed E-state index contributed by atoms with van der Waals surface area (Å²) in [6, 6.07) is 9.49. The molecule has 3 nitrogen and oxygen atoms in total. The van der Waals surface area contributed by atoms with Gasteiger partial charge in [0.25, 0.3) is 5.91 Å². The summed E-state index contributed by atoms with van der Waals surface area (Å²) in [6.07, 6.45) is 2.01. The Balaban J connectivity index is 1.82. The SMILES string of the molecule is O=C(Nc1cc(F)cc(Cl)c1)c1ccc2c(c1)CCCN2. The van der Waals surface area contributed by atoms with Gasteiger partial charge in [-0.3, -0.25) is 4.79 Å². The monoisotopic (exact) mass is 304 g/mol. The predicted molar refractivity (Wildman–Crippen MR) is 82.6 cm³/mol. The molecular formula is C16H14ClFN2O. The highest BCUT2D eigenvalue weighted by Crippen LogP contribution is 2.24. The first kappa shape index (κ1) is 13.9. The Labute approximate surface area is 127 Å². The van der Waals surface area contributed by atoms with E-state index in [1.807, 2.05) is 12.1 Å². The highest BCUT2D eigenvalue weighted by molar-refractivity contribution is 6.31. The Morgan fingerprint density at radius 3 is 2.90 bits per heavy atom. The fourth-order valence-corrected chi connectivity index (χ4v) is 2.67. The van der Waals surface area contributed by atoms with Crippen molar-refractivity contribution in [2.24, 2.45) is 0 Å². The van der Waals surface area contributed by atoms with Gasteiger partial charge in [-0.2, -0.15) is 0 Å². The summed E-state index contributed by atoms with van der Waals surface area (Å²) in [7, 11) is 0. The van der Waals surface area contributed by atoms with Crippen LogP contribution in [-0.4, -0.2) is 12.5 Å². The van der Waals surface area contributed by atoms with E-state index in [4.69, 9.17) is 11.6 Å². The molecule has 2 N–H and O–H groups in total. The third-order valence-electron chi connectivity index (χ3n) is 3.43. The van der Waals surface area contributed by atoms with Crippen molar-refractivity contribution in [2.45, 2.75) is 12.8 Å². The molecule has 1 aliphatic heterocycles. The first-order chi connectivity index (χ1) is 10.1. The first-order valence-electron chi connectivity index (χ1n) is 6.76. The van der Waals surface area contributed by atoms with E-state index in [1.165, 1.54) is 18.2 Å². The maximum absolute atomic E-state index is 13.3. The molecule has 0 spiro atoms. The molecule has 0 saturated heterocycles. The molecule has 5 heteroatoms. The van der Waals surface area contributed by atoms with Crippen LogP contribution in [0.1, 0.15) is 22.3 Å². The fraction of sp³-hybridized carbons (Fsp3) is 0.188. The molecule has 0 atom stereocenters. The summed E-state index contributed by atoms with van der Waals surface area (Å²) >= 11 is 5.77. The number of carbonyl (C=O) groups is 1. The summed E-state index contributed by atoms with van der Waals surface area (Å²) < 4.78 is 13.3. The predicted octanol–water partition coefficient (Wildman–Crippen LogP) is 4.09. The molecule has 1 amide bonds. The second-order valence-electron chi connectivity index (χ2n) is 5.01. The zero-order valence-electron chi connectivity index (χ0n) is 11.2. The quantitative estimate of drug-likeness (QED) is 0.877. The molecule has 3 rings (SSSR count). The lowest BCUT2D eigenvalue weighted by Crippen LogP contribution is -2.15. The number of benzene rings is 2. The van der Waals surface area contributed by atoms with Gasteiger partial charge in [-0.05, 0) is 54.8 Å². The van der Waals surface area contributed by atoms with Crippen molar-refractivity contribution in [3.05, 3.63) is 58.4 Å². The van der Waals surface area contributed by atoms with Gasteiger partial charge in [0.05, 0.1) is 0 Å². The van der Waals surface area contributed by atoms with Crippen LogP contribution in [0.3, 0.4) is 0 Å². The fourth-order valence-electron chi connectivity index (χ4n) is 2.45. The normalized spacial score (nSPS) is 13.2. The van der Waals surface area contributed by atoms with Crippen LogP contribution in [0, 0.1) is 5.82 Å². The molecule has 108 valence electrons. The van der Waals surface area contributed by atoms with Crippen LogP contribution in [0.25, 0.3) is 0 Å². The first-order valence-corrected chi connectivity index (χ1v) is 7.14. The Kier molecular flexibility index (Phi) is 3.80. The van der Waals surface area contributed by atoms with Crippen molar-refractivity contribution in [3.8, 4) is 0 Å². The summed E-state index contributed by atoms with van der Waals surface area (Å²) in [5.74, 6) is -0.752. The molecule has 0 aromatic heterocycles. The van der Waals surface area contributed by atoms with Crippen LogP contribution in [0.2, 0.25) is 5.02 Å². The third-order valence-corrected chi connectivity index (χ3v) is 3.64. The van der Waals surface area contributed by atoms with Crippen molar-refractivity contribution < 1.29 is 9.18 Å². The van der Waals surface area contributed by atoms with Crippen LogP contribution in [0.4, 0.5) is 15.8 Å². The minimum atomic E-state index is -0.479. The van der Waals surface area contributed by atoms with E-state index in [9.17, 15) is 9.18 Å². The average Bonchev–Trinajstić information content (AvgIpc) is 2.45. The van der Waals surface area contributed by atoms with Gasteiger partial charge in [-0.25, -0.2) is 4.39 Å². The van der Waals surface area contributed by atoms with Gasteiger partial charge in [-0.15, -0.1) is 0 Å². The van der Waals surface area contributed by atoms with Crippen LogP contribution in [0.5, 0.6) is 0 Å². The van der Waals surface area contributed by atoms with Crippen molar-refractivity contribution >= 4 is 28.9 Å². The molecule has 0 fully saturated rings. The minimum absolute atomic E-state index is 0.250. The largest absolute Gasteiger partial charge is 0.385 e. The zero-order valence-corrected chi connectivity index (χ0v) is 12.0. The summed E-state index contributed by atoms with van der Waals surface area (Å²) in [5.41, 5.74) is 3.11. The number of halogens is 2. The van der Waals surface area contributed by atoms with E-state index >= 15 is 0 Å². The van der Waals surface area contributed by atoms with Gasteiger partial charge >= 0.3 is 0 Å². The lowest BCUT2D eigenvalue weighted by Gasteiger charge is -2.18. The highest BCUT2D eigenvalue weighted by atomic mass is 35.5. The molecular weight excluding hydrogens is 291 g/mol.